The fourth-order valence-corrected chi connectivity index (χ4v) is 6.81. The molecule has 2 amide bonds. The molecule has 0 bridgehead atoms. The minimum Gasteiger partial charge on any atom is -0.493 e. The molecule has 9 nitrogen and oxygen atoms in total. The highest BCUT2D eigenvalue weighted by Crippen LogP contribution is 2.33. The van der Waals surface area contributed by atoms with Crippen LogP contribution in [0.1, 0.15) is 31.9 Å². The highest BCUT2D eigenvalue weighted by atomic mass is 35.5. The Morgan fingerprint density at radius 2 is 1.46 bits per heavy atom. The van der Waals surface area contributed by atoms with Gasteiger partial charge in [-0.1, -0.05) is 71.7 Å². The Hall–Kier alpha value is -4.25. The van der Waals surface area contributed by atoms with Crippen molar-refractivity contribution in [1.29, 1.82) is 0 Å². The zero-order valence-electron chi connectivity index (χ0n) is 27.4. The number of halogens is 2. The maximum atomic E-state index is 14.6. The maximum absolute atomic E-state index is 14.6. The topological polar surface area (TPSA) is 105 Å². The van der Waals surface area contributed by atoms with Crippen molar-refractivity contribution >= 4 is 50.7 Å². The molecule has 12 heteroatoms. The van der Waals surface area contributed by atoms with Crippen LogP contribution in [0.3, 0.4) is 0 Å². The van der Waals surface area contributed by atoms with E-state index in [2.05, 4.69) is 5.32 Å². The average Bonchev–Trinajstić information content (AvgIpc) is 3.05. The van der Waals surface area contributed by atoms with Gasteiger partial charge in [-0.2, -0.15) is 0 Å². The van der Waals surface area contributed by atoms with E-state index in [1.807, 2.05) is 51.1 Å². The van der Waals surface area contributed by atoms with Gasteiger partial charge in [-0.05, 0) is 74.4 Å². The van der Waals surface area contributed by atoms with Crippen LogP contribution in [0.2, 0.25) is 10.0 Å². The quantitative estimate of drug-likeness (QED) is 0.164. The molecule has 4 aromatic carbocycles. The number of amides is 2. The molecule has 1 atom stereocenters. The van der Waals surface area contributed by atoms with Gasteiger partial charge >= 0.3 is 0 Å². The Bertz CT molecular complexity index is 1830. The smallest absolute Gasteiger partial charge is 0.264 e. The highest BCUT2D eigenvalue weighted by molar-refractivity contribution is 7.92. The van der Waals surface area contributed by atoms with Crippen molar-refractivity contribution in [1.82, 2.24) is 10.2 Å². The number of sulfonamides is 1. The second-order valence-electron chi connectivity index (χ2n) is 12.1. The summed E-state index contributed by atoms with van der Waals surface area (Å²) >= 11 is 12.7. The first-order valence-electron chi connectivity index (χ1n) is 15.1. The van der Waals surface area contributed by atoms with Crippen molar-refractivity contribution in [3.8, 4) is 11.5 Å². The van der Waals surface area contributed by atoms with Crippen molar-refractivity contribution in [3.63, 3.8) is 0 Å². The number of hydrogen-bond donors (Lipinski definition) is 1. The van der Waals surface area contributed by atoms with Crippen LogP contribution in [0.5, 0.6) is 11.5 Å². The fourth-order valence-electron chi connectivity index (χ4n) is 5.06. The van der Waals surface area contributed by atoms with Gasteiger partial charge in [0.2, 0.25) is 11.8 Å². The number of carbonyl (C=O) groups is 2. The van der Waals surface area contributed by atoms with Gasteiger partial charge in [0.1, 0.15) is 12.6 Å². The largest absolute Gasteiger partial charge is 0.493 e. The van der Waals surface area contributed by atoms with E-state index < -0.39 is 40.0 Å². The number of carbonyl (C=O) groups excluding carboxylic acids is 2. The van der Waals surface area contributed by atoms with E-state index in [-0.39, 0.29) is 29.3 Å². The molecule has 0 fully saturated rings. The van der Waals surface area contributed by atoms with E-state index in [4.69, 9.17) is 32.7 Å². The number of methoxy groups -OCH3 is 2. The summed E-state index contributed by atoms with van der Waals surface area (Å²) in [6.07, 6.45) is 0.169. The van der Waals surface area contributed by atoms with Crippen LogP contribution in [0, 0.1) is 0 Å². The Morgan fingerprint density at radius 3 is 2.06 bits per heavy atom. The molecule has 254 valence electrons. The van der Waals surface area contributed by atoms with Gasteiger partial charge in [0.15, 0.2) is 11.5 Å². The second kappa shape index (κ2) is 15.8. The van der Waals surface area contributed by atoms with Crippen LogP contribution in [-0.2, 0) is 32.6 Å². The second-order valence-corrected chi connectivity index (χ2v) is 14.8. The van der Waals surface area contributed by atoms with E-state index in [0.717, 1.165) is 9.87 Å². The molecular formula is C36H39Cl2N3O6S. The summed E-state index contributed by atoms with van der Waals surface area (Å²) in [7, 11) is -1.54. The number of rotatable bonds is 13. The Balaban J connectivity index is 1.85. The fraction of sp³-hybridized carbons (Fsp3) is 0.278. The number of anilines is 1. The third kappa shape index (κ3) is 9.21. The predicted octanol–water partition coefficient (Wildman–Crippen LogP) is 6.76. The lowest BCUT2D eigenvalue weighted by Crippen LogP contribution is -2.56. The minimum absolute atomic E-state index is 0.0571. The maximum Gasteiger partial charge on any atom is 0.264 e. The molecule has 0 aromatic heterocycles. The summed E-state index contributed by atoms with van der Waals surface area (Å²) in [5.74, 6) is -0.486. The van der Waals surface area contributed by atoms with Gasteiger partial charge in [-0.25, -0.2) is 8.42 Å². The molecule has 0 saturated heterocycles. The van der Waals surface area contributed by atoms with Gasteiger partial charge < -0.3 is 19.7 Å². The van der Waals surface area contributed by atoms with Crippen LogP contribution < -0.4 is 19.1 Å². The van der Waals surface area contributed by atoms with E-state index in [1.165, 1.54) is 61.6 Å². The Morgan fingerprint density at radius 1 is 0.833 bits per heavy atom. The van der Waals surface area contributed by atoms with Crippen LogP contribution in [-0.4, -0.2) is 57.5 Å². The van der Waals surface area contributed by atoms with Gasteiger partial charge in [-0.15, -0.1) is 0 Å². The lowest BCUT2D eigenvalue weighted by atomic mass is 10.0. The number of ether oxygens (including phenoxy) is 2. The van der Waals surface area contributed by atoms with E-state index in [1.54, 1.807) is 24.3 Å². The van der Waals surface area contributed by atoms with Crippen molar-refractivity contribution in [2.45, 2.75) is 50.2 Å². The summed E-state index contributed by atoms with van der Waals surface area (Å²) in [6.45, 7) is 4.85. The lowest BCUT2D eigenvalue weighted by Gasteiger charge is -2.35. The average molecular weight is 713 g/mol. The molecule has 0 aliphatic rings. The first kappa shape index (κ1) is 36.6. The highest BCUT2D eigenvalue weighted by Gasteiger charge is 2.36. The van der Waals surface area contributed by atoms with Crippen molar-refractivity contribution < 1.29 is 27.5 Å². The Labute approximate surface area is 292 Å². The molecule has 0 heterocycles. The normalized spacial score (nSPS) is 12.1. The molecule has 48 heavy (non-hydrogen) atoms. The van der Waals surface area contributed by atoms with Crippen LogP contribution in [0.15, 0.2) is 102 Å². The van der Waals surface area contributed by atoms with Gasteiger partial charge in [0.25, 0.3) is 10.0 Å². The number of hydrogen-bond acceptors (Lipinski definition) is 6. The van der Waals surface area contributed by atoms with E-state index >= 15 is 0 Å². The van der Waals surface area contributed by atoms with Gasteiger partial charge in [0, 0.05) is 34.6 Å². The monoisotopic (exact) mass is 711 g/mol. The summed E-state index contributed by atoms with van der Waals surface area (Å²) in [5, 5.41) is 3.79. The SMILES string of the molecule is COc1ccc(S(=O)(=O)N(CC(=O)N(Cc2ccccc2Cl)[C@H](Cc2ccccc2)C(=O)NC(C)(C)C)c2ccc(Cl)cc2)cc1OC. The number of nitrogens with one attached hydrogen (secondary N) is 1. The van der Waals surface area contributed by atoms with Crippen LogP contribution >= 0.6 is 23.2 Å². The molecule has 1 N–H and O–H groups in total. The van der Waals surface area contributed by atoms with Crippen molar-refractivity contribution in [2.75, 3.05) is 25.1 Å². The summed E-state index contributed by atoms with van der Waals surface area (Å²) in [6, 6.07) is 25.6. The zero-order valence-corrected chi connectivity index (χ0v) is 29.8. The van der Waals surface area contributed by atoms with Gasteiger partial charge in [0.05, 0.1) is 24.8 Å². The molecule has 4 aromatic rings. The van der Waals surface area contributed by atoms with Crippen LogP contribution in [0.25, 0.3) is 0 Å². The molecular weight excluding hydrogens is 673 g/mol. The Kier molecular flexibility index (Phi) is 12.0. The van der Waals surface area contributed by atoms with Crippen LogP contribution in [0.4, 0.5) is 5.69 Å². The van der Waals surface area contributed by atoms with E-state index in [9.17, 15) is 18.0 Å². The van der Waals surface area contributed by atoms with E-state index in [0.29, 0.717) is 21.4 Å². The predicted molar refractivity (Wildman–Crippen MR) is 189 cm³/mol. The molecule has 0 unspecified atom stereocenters. The summed E-state index contributed by atoms with van der Waals surface area (Å²) < 4.78 is 40.4. The lowest BCUT2D eigenvalue weighted by molar-refractivity contribution is -0.140. The molecule has 0 saturated carbocycles. The first-order chi connectivity index (χ1) is 22.7. The molecule has 0 aliphatic carbocycles. The third-order valence-corrected chi connectivity index (χ3v) is 9.79. The molecule has 0 spiro atoms. The third-order valence-electron chi connectivity index (χ3n) is 7.40. The zero-order chi connectivity index (χ0) is 35.1. The van der Waals surface area contributed by atoms with Crippen molar-refractivity contribution in [3.05, 3.63) is 118 Å². The minimum atomic E-state index is -4.39. The number of benzene rings is 4. The number of nitrogens with zero attached hydrogens (tertiary/aromatic N) is 2. The summed E-state index contributed by atoms with van der Waals surface area (Å²) in [5.41, 5.74) is 0.988. The molecule has 0 aliphatic heterocycles. The van der Waals surface area contributed by atoms with Gasteiger partial charge in [-0.3, -0.25) is 13.9 Å². The standard InChI is InChI=1S/C36H39Cl2N3O6S/c1-36(2,3)39-35(43)31(21-25-11-7-6-8-12-25)40(23-26-13-9-10-14-30(26)38)34(42)24-41(28-17-15-27(37)16-18-28)48(44,45)29-19-20-32(46-4)33(22-29)47-5/h6-20,22,31H,21,23-24H2,1-5H3,(H,39,43)/t31-/m1/s1. The van der Waals surface area contributed by atoms with Crippen molar-refractivity contribution in [2.24, 2.45) is 0 Å². The molecule has 4 rings (SSSR count). The summed E-state index contributed by atoms with van der Waals surface area (Å²) in [4.78, 5) is 29.9. The first-order valence-corrected chi connectivity index (χ1v) is 17.3. The molecule has 0 radical (unpaired) electrons.